The van der Waals surface area contributed by atoms with E-state index in [1.54, 1.807) is 48.5 Å². The fourth-order valence-corrected chi connectivity index (χ4v) is 3.98. The van der Waals surface area contributed by atoms with E-state index >= 15 is 0 Å². The molecule has 0 spiro atoms. The molecule has 5 rings (SSSR count). The fraction of sp³-hybridized carbons (Fsp3) is 0.115. The normalized spacial score (nSPS) is 11.2. The summed E-state index contributed by atoms with van der Waals surface area (Å²) in [6.07, 6.45) is 1.29. The number of nitrogens with one attached hydrogen (secondary N) is 2. The lowest BCUT2D eigenvalue weighted by Crippen LogP contribution is -2.24. The number of pyridine rings is 1. The van der Waals surface area contributed by atoms with Crippen LogP contribution in [0.5, 0.6) is 0 Å². The van der Waals surface area contributed by atoms with E-state index in [9.17, 15) is 22.8 Å². The van der Waals surface area contributed by atoms with E-state index in [1.807, 2.05) is 0 Å². The highest BCUT2D eigenvalue weighted by atomic mass is 19.3. The number of carbonyl (C=O) groups excluding carboxylic acids is 1. The van der Waals surface area contributed by atoms with Crippen LogP contribution < -0.4 is 10.9 Å². The molecule has 0 fully saturated rings. The van der Waals surface area contributed by atoms with Gasteiger partial charge in [-0.1, -0.05) is 18.2 Å². The van der Waals surface area contributed by atoms with Crippen LogP contribution in [0, 0.1) is 5.95 Å². The van der Waals surface area contributed by atoms with Crippen LogP contribution in [0.3, 0.4) is 0 Å². The summed E-state index contributed by atoms with van der Waals surface area (Å²) >= 11 is 0. The number of benzene rings is 2. The van der Waals surface area contributed by atoms with Gasteiger partial charge < -0.3 is 5.32 Å². The second-order valence-electron chi connectivity index (χ2n) is 8.28. The van der Waals surface area contributed by atoms with Crippen molar-refractivity contribution in [3.8, 4) is 11.1 Å². The molecule has 0 radical (unpaired) electrons. The van der Waals surface area contributed by atoms with Crippen molar-refractivity contribution in [2.24, 2.45) is 0 Å². The standard InChI is InChI=1S/C26H19F3N6O2/c27-22-9-15(6-7-30-22)11-31-25(36)18-3-1-2-16(8-18)13-35-14-32-21-10-17(4-5-19(21)26(35)37)20-12-33-34-23(20)24(28)29/h1-10,12,14,24H,11,13H2,(H,31,36)(H,33,34). The predicted molar refractivity (Wildman–Crippen MR) is 129 cm³/mol. The maximum absolute atomic E-state index is 13.2. The first kappa shape index (κ1) is 23.9. The van der Waals surface area contributed by atoms with Crippen molar-refractivity contribution >= 4 is 16.8 Å². The molecule has 11 heteroatoms. The third-order valence-corrected chi connectivity index (χ3v) is 5.81. The maximum Gasteiger partial charge on any atom is 0.280 e. The second kappa shape index (κ2) is 10.1. The predicted octanol–water partition coefficient (Wildman–Crippen LogP) is 4.24. The Balaban J connectivity index is 1.35. The summed E-state index contributed by atoms with van der Waals surface area (Å²) in [5.74, 6) is -0.975. The van der Waals surface area contributed by atoms with Crippen LogP contribution in [0.1, 0.15) is 33.6 Å². The number of hydrogen-bond acceptors (Lipinski definition) is 5. The molecule has 8 nitrogen and oxygen atoms in total. The number of aromatic nitrogens is 5. The molecule has 186 valence electrons. The van der Waals surface area contributed by atoms with Gasteiger partial charge in [0.2, 0.25) is 5.95 Å². The van der Waals surface area contributed by atoms with E-state index in [1.165, 1.54) is 29.4 Å². The molecule has 0 saturated carbocycles. The van der Waals surface area contributed by atoms with Crippen LogP contribution in [0.4, 0.5) is 13.2 Å². The van der Waals surface area contributed by atoms with Crippen molar-refractivity contribution in [2.45, 2.75) is 19.5 Å². The molecule has 3 heterocycles. The topological polar surface area (TPSA) is 106 Å². The summed E-state index contributed by atoms with van der Waals surface area (Å²) in [6, 6.07) is 14.3. The van der Waals surface area contributed by atoms with E-state index in [2.05, 4.69) is 25.5 Å². The van der Waals surface area contributed by atoms with Gasteiger partial charge >= 0.3 is 0 Å². The van der Waals surface area contributed by atoms with Crippen molar-refractivity contribution in [1.82, 2.24) is 30.0 Å². The first-order chi connectivity index (χ1) is 17.9. The van der Waals surface area contributed by atoms with Gasteiger partial charge in [-0.3, -0.25) is 19.3 Å². The average molecular weight is 504 g/mol. The van der Waals surface area contributed by atoms with Crippen LogP contribution in [-0.4, -0.2) is 30.6 Å². The number of hydrogen-bond donors (Lipinski definition) is 2. The summed E-state index contributed by atoms with van der Waals surface area (Å²) < 4.78 is 41.1. The van der Waals surface area contributed by atoms with Gasteiger partial charge in [0, 0.05) is 23.9 Å². The molecule has 0 atom stereocenters. The Morgan fingerprint density at radius 2 is 1.92 bits per heavy atom. The second-order valence-corrected chi connectivity index (χ2v) is 8.28. The van der Waals surface area contributed by atoms with Gasteiger partial charge in [-0.05, 0) is 53.1 Å². The number of nitrogens with zero attached hydrogens (tertiary/aromatic N) is 4. The molecule has 0 saturated heterocycles. The highest BCUT2D eigenvalue weighted by Crippen LogP contribution is 2.30. The molecule has 37 heavy (non-hydrogen) atoms. The number of carbonyl (C=O) groups is 1. The first-order valence-electron chi connectivity index (χ1n) is 11.2. The van der Waals surface area contributed by atoms with E-state index in [0.717, 1.165) is 0 Å². The Kier molecular flexibility index (Phi) is 6.50. The van der Waals surface area contributed by atoms with Crippen LogP contribution in [0.2, 0.25) is 0 Å². The van der Waals surface area contributed by atoms with E-state index in [-0.39, 0.29) is 35.8 Å². The van der Waals surface area contributed by atoms with Crippen molar-refractivity contribution in [2.75, 3.05) is 0 Å². The number of alkyl halides is 2. The number of aromatic amines is 1. The molecular weight excluding hydrogens is 485 g/mol. The Labute approximate surface area is 207 Å². The molecule has 0 bridgehead atoms. The lowest BCUT2D eigenvalue weighted by molar-refractivity contribution is 0.0950. The lowest BCUT2D eigenvalue weighted by atomic mass is 10.0. The molecule has 0 aliphatic heterocycles. The molecule has 5 aromatic rings. The zero-order valence-electron chi connectivity index (χ0n) is 19.2. The zero-order chi connectivity index (χ0) is 25.9. The minimum absolute atomic E-state index is 0.135. The van der Waals surface area contributed by atoms with Crippen molar-refractivity contribution in [1.29, 1.82) is 0 Å². The fourth-order valence-electron chi connectivity index (χ4n) is 3.98. The van der Waals surface area contributed by atoms with E-state index in [0.29, 0.717) is 33.2 Å². The summed E-state index contributed by atoms with van der Waals surface area (Å²) in [5, 5.41) is 9.04. The van der Waals surface area contributed by atoms with Crippen LogP contribution in [0.15, 0.2) is 78.1 Å². The molecular formula is C26H19F3N6O2. The van der Waals surface area contributed by atoms with Gasteiger partial charge in [0.05, 0.1) is 30.0 Å². The minimum atomic E-state index is -2.72. The zero-order valence-corrected chi connectivity index (χ0v) is 19.2. The molecule has 0 aliphatic rings. The molecule has 1 amide bonds. The van der Waals surface area contributed by atoms with Gasteiger partial charge in [-0.2, -0.15) is 9.49 Å². The van der Waals surface area contributed by atoms with E-state index in [4.69, 9.17) is 0 Å². The number of fused-ring (bicyclic) bond motifs is 1. The molecule has 0 unspecified atom stereocenters. The summed E-state index contributed by atoms with van der Waals surface area (Å²) in [4.78, 5) is 33.5. The van der Waals surface area contributed by atoms with Crippen LogP contribution >= 0.6 is 0 Å². The largest absolute Gasteiger partial charge is 0.348 e. The monoisotopic (exact) mass is 504 g/mol. The molecule has 2 aromatic carbocycles. The first-order valence-corrected chi connectivity index (χ1v) is 11.2. The summed E-state index contributed by atoms with van der Waals surface area (Å²) in [7, 11) is 0. The minimum Gasteiger partial charge on any atom is -0.348 e. The quantitative estimate of drug-likeness (QED) is 0.323. The Morgan fingerprint density at radius 3 is 2.73 bits per heavy atom. The third kappa shape index (κ3) is 5.10. The van der Waals surface area contributed by atoms with E-state index < -0.39 is 12.4 Å². The van der Waals surface area contributed by atoms with Gasteiger partial charge in [0.1, 0.15) is 5.69 Å². The average Bonchev–Trinajstić information content (AvgIpc) is 3.40. The van der Waals surface area contributed by atoms with Crippen LogP contribution in [0.25, 0.3) is 22.0 Å². The van der Waals surface area contributed by atoms with Gasteiger partial charge in [-0.15, -0.1) is 0 Å². The van der Waals surface area contributed by atoms with Crippen molar-refractivity contribution in [3.63, 3.8) is 0 Å². The van der Waals surface area contributed by atoms with Gasteiger partial charge in [0.25, 0.3) is 17.9 Å². The number of halogens is 3. The van der Waals surface area contributed by atoms with Crippen molar-refractivity contribution in [3.05, 3.63) is 112 Å². The Bertz CT molecular complexity index is 1660. The SMILES string of the molecule is O=C(NCc1ccnc(F)c1)c1cccc(Cn2cnc3cc(-c4cn[nH]c4C(F)F)ccc3c2=O)c1. The third-order valence-electron chi connectivity index (χ3n) is 5.81. The van der Waals surface area contributed by atoms with Gasteiger partial charge in [-0.25, -0.2) is 18.7 Å². The van der Waals surface area contributed by atoms with Crippen molar-refractivity contribution < 1.29 is 18.0 Å². The van der Waals surface area contributed by atoms with Gasteiger partial charge in [0.15, 0.2) is 0 Å². The summed E-state index contributed by atoms with van der Waals surface area (Å²) in [6.45, 7) is 0.299. The lowest BCUT2D eigenvalue weighted by Gasteiger charge is -2.10. The number of H-pyrrole nitrogens is 1. The summed E-state index contributed by atoms with van der Waals surface area (Å²) in [5.41, 5.74) is 2.11. The maximum atomic E-state index is 13.2. The Morgan fingerprint density at radius 1 is 1.05 bits per heavy atom. The number of rotatable bonds is 7. The highest BCUT2D eigenvalue weighted by molar-refractivity contribution is 5.94. The Hall–Kier alpha value is -4.80. The molecule has 0 aliphatic carbocycles. The smallest absolute Gasteiger partial charge is 0.280 e. The molecule has 2 N–H and O–H groups in total. The highest BCUT2D eigenvalue weighted by Gasteiger charge is 2.17. The number of amides is 1. The van der Waals surface area contributed by atoms with Crippen LogP contribution in [-0.2, 0) is 13.1 Å². The molecule has 3 aromatic heterocycles.